The van der Waals surface area contributed by atoms with Crippen LogP contribution in [-0.4, -0.2) is 52.3 Å². The first-order valence-electron chi connectivity index (χ1n) is 11.1. The second-order valence-electron chi connectivity index (χ2n) is 8.99. The smallest absolute Gasteiger partial charge is 0.292 e. The van der Waals surface area contributed by atoms with Gasteiger partial charge in [0, 0.05) is 30.9 Å². The van der Waals surface area contributed by atoms with E-state index in [1.807, 2.05) is 12.2 Å². The molecular weight excluding hydrogens is 431 g/mol. The molecule has 1 aromatic heterocycles. The van der Waals surface area contributed by atoms with Crippen molar-refractivity contribution in [3.8, 4) is 11.1 Å². The lowest BCUT2D eigenvalue weighted by molar-refractivity contribution is -0.140. The van der Waals surface area contributed by atoms with E-state index in [1.165, 1.54) is 11.0 Å². The molecule has 3 aliphatic rings. The van der Waals surface area contributed by atoms with E-state index in [9.17, 15) is 22.8 Å². The van der Waals surface area contributed by atoms with Crippen LogP contribution in [0.15, 0.2) is 48.7 Å². The topological polar surface area (TPSA) is 53.5 Å². The molecule has 0 bridgehead atoms. The van der Waals surface area contributed by atoms with Gasteiger partial charge in [0.25, 0.3) is 0 Å². The van der Waals surface area contributed by atoms with E-state index in [4.69, 9.17) is 0 Å². The fourth-order valence-electron chi connectivity index (χ4n) is 5.54. The van der Waals surface area contributed by atoms with Gasteiger partial charge in [-0.15, -0.1) is 0 Å². The molecule has 3 saturated heterocycles. The highest BCUT2D eigenvalue weighted by atomic mass is 19.4. The molecule has 1 aromatic carbocycles. The molecule has 0 aliphatic carbocycles. The molecule has 4 heterocycles. The minimum atomic E-state index is -4.40. The van der Waals surface area contributed by atoms with Crippen LogP contribution >= 0.6 is 0 Å². The van der Waals surface area contributed by atoms with Gasteiger partial charge in [0.15, 0.2) is 0 Å². The Hall–Kier alpha value is -3.00. The first-order chi connectivity index (χ1) is 15.8. The molecule has 2 aromatic rings. The molecule has 0 spiro atoms. The summed E-state index contributed by atoms with van der Waals surface area (Å²) in [6, 6.07) is 8.58. The minimum absolute atomic E-state index is 0.0821. The standard InChI is InChI=1S/C25H24F3N3O2/c1-30-23(32)21-19-7-2-3-12-31(19)20(22(21)24(30)33)11-10-18-9-8-16(14-29-18)15-5-4-6-17(13-15)25(26,27)28/h4-6,8-11,13-14,19-22H,2-3,7,12H2,1H3/b11-10+/t19-,20?,21-,22+/m0/s1. The maximum absolute atomic E-state index is 13.0. The second kappa shape index (κ2) is 8.09. The van der Waals surface area contributed by atoms with Crippen molar-refractivity contribution >= 4 is 17.9 Å². The fourth-order valence-corrected chi connectivity index (χ4v) is 5.54. The molecular formula is C25H24F3N3O2. The largest absolute Gasteiger partial charge is 0.416 e. The number of carbonyl (C=O) groups is 2. The van der Waals surface area contributed by atoms with E-state index in [0.29, 0.717) is 16.8 Å². The van der Waals surface area contributed by atoms with Crippen LogP contribution in [0.3, 0.4) is 0 Å². The summed E-state index contributed by atoms with van der Waals surface area (Å²) >= 11 is 0. The molecule has 5 rings (SSSR count). The van der Waals surface area contributed by atoms with E-state index < -0.39 is 11.7 Å². The number of nitrogens with zero attached hydrogens (tertiary/aromatic N) is 3. The summed E-state index contributed by atoms with van der Waals surface area (Å²) in [5, 5.41) is 0. The van der Waals surface area contributed by atoms with E-state index in [2.05, 4.69) is 9.88 Å². The molecule has 0 radical (unpaired) electrons. The monoisotopic (exact) mass is 455 g/mol. The number of imide groups is 1. The number of amides is 2. The van der Waals surface area contributed by atoms with Gasteiger partial charge >= 0.3 is 6.18 Å². The summed E-state index contributed by atoms with van der Waals surface area (Å²) in [5.41, 5.74) is 0.985. The van der Waals surface area contributed by atoms with E-state index in [-0.39, 0.29) is 35.7 Å². The molecule has 2 amide bonds. The molecule has 172 valence electrons. The third-order valence-corrected chi connectivity index (χ3v) is 7.15. The maximum Gasteiger partial charge on any atom is 0.416 e. The molecule has 3 fully saturated rings. The summed E-state index contributed by atoms with van der Waals surface area (Å²) in [4.78, 5) is 33.5. The highest BCUT2D eigenvalue weighted by Crippen LogP contribution is 2.46. The zero-order chi connectivity index (χ0) is 23.3. The van der Waals surface area contributed by atoms with Crippen molar-refractivity contribution in [2.45, 2.75) is 37.5 Å². The summed E-state index contributed by atoms with van der Waals surface area (Å²) in [5.74, 6) is -0.858. The van der Waals surface area contributed by atoms with Crippen LogP contribution < -0.4 is 0 Å². The van der Waals surface area contributed by atoms with Crippen LogP contribution in [0.4, 0.5) is 13.2 Å². The minimum Gasteiger partial charge on any atom is -0.292 e. The number of likely N-dealkylation sites (tertiary alicyclic amines) is 1. The molecule has 33 heavy (non-hydrogen) atoms. The lowest BCUT2D eigenvalue weighted by Gasteiger charge is -2.35. The summed E-state index contributed by atoms with van der Waals surface area (Å²) in [6.45, 7) is 0.860. The van der Waals surface area contributed by atoms with Crippen molar-refractivity contribution in [1.29, 1.82) is 0 Å². The van der Waals surface area contributed by atoms with E-state index in [1.54, 1.807) is 31.4 Å². The zero-order valence-corrected chi connectivity index (χ0v) is 18.1. The fraction of sp³-hybridized carbons (Fsp3) is 0.400. The van der Waals surface area contributed by atoms with Crippen LogP contribution in [-0.2, 0) is 15.8 Å². The second-order valence-corrected chi connectivity index (χ2v) is 8.99. The number of hydrogen-bond donors (Lipinski definition) is 0. The molecule has 8 heteroatoms. The Morgan fingerprint density at radius 2 is 1.82 bits per heavy atom. The first-order valence-corrected chi connectivity index (χ1v) is 11.1. The quantitative estimate of drug-likeness (QED) is 0.650. The number of carbonyl (C=O) groups excluding carboxylic acids is 2. The predicted octanol–water partition coefficient (Wildman–Crippen LogP) is 4.25. The van der Waals surface area contributed by atoms with Crippen LogP contribution in [0, 0.1) is 11.8 Å². The molecule has 4 atom stereocenters. The normalized spacial score (nSPS) is 27.9. The average Bonchev–Trinajstić information content (AvgIpc) is 3.26. The predicted molar refractivity (Wildman–Crippen MR) is 117 cm³/mol. The van der Waals surface area contributed by atoms with Gasteiger partial charge in [-0.3, -0.25) is 24.4 Å². The third kappa shape index (κ3) is 3.76. The Labute approximate surface area is 189 Å². The van der Waals surface area contributed by atoms with Crippen molar-refractivity contribution < 1.29 is 22.8 Å². The lowest BCUT2D eigenvalue weighted by atomic mass is 9.87. The van der Waals surface area contributed by atoms with Gasteiger partial charge in [-0.25, -0.2) is 0 Å². The van der Waals surface area contributed by atoms with Crippen LogP contribution in [0.1, 0.15) is 30.5 Å². The van der Waals surface area contributed by atoms with Gasteiger partial charge in [-0.1, -0.05) is 30.7 Å². The number of fused-ring (bicyclic) bond motifs is 3. The van der Waals surface area contributed by atoms with Crippen molar-refractivity contribution in [3.63, 3.8) is 0 Å². The van der Waals surface area contributed by atoms with Gasteiger partial charge in [-0.05, 0) is 49.2 Å². The molecule has 3 aliphatic heterocycles. The number of piperidine rings is 1. The number of rotatable bonds is 3. The number of halogens is 3. The highest BCUT2D eigenvalue weighted by Gasteiger charge is 2.60. The van der Waals surface area contributed by atoms with Crippen LogP contribution in [0.5, 0.6) is 0 Å². The zero-order valence-electron chi connectivity index (χ0n) is 18.1. The summed E-state index contributed by atoms with van der Waals surface area (Å²) in [7, 11) is 1.56. The van der Waals surface area contributed by atoms with E-state index >= 15 is 0 Å². The number of hydrogen-bond acceptors (Lipinski definition) is 4. The Kier molecular flexibility index (Phi) is 5.35. The molecule has 0 saturated carbocycles. The van der Waals surface area contributed by atoms with Crippen LogP contribution in [0.25, 0.3) is 17.2 Å². The third-order valence-electron chi connectivity index (χ3n) is 7.15. The van der Waals surface area contributed by atoms with Gasteiger partial charge in [0.1, 0.15) is 0 Å². The van der Waals surface area contributed by atoms with Crippen molar-refractivity contribution in [3.05, 3.63) is 59.9 Å². The Morgan fingerprint density at radius 3 is 2.55 bits per heavy atom. The van der Waals surface area contributed by atoms with Gasteiger partial charge in [0.2, 0.25) is 11.8 Å². The lowest BCUT2D eigenvalue weighted by Crippen LogP contribution is -2.45. The van der Waals surface area contributed by atoms with Gasteiger partial charge in [-0.2, -0.15) is 13.2 Å². The summed E-state index contributed by atoms with van der Waals surface area (Å²) in [6.07, 6.45) is 3.97. The maximum atomic E-state index is 13.0. The van der Waals surface area contributed by atoms with Crippen molar-refractivity contribution in [2.24, 2.45) is 11.8 Å². The average molecular weight is 455 g/mol. The first kappa shape index (κ1) is 21.8. The Bertz CT molecular complexity index is 1110. The molecule has 0 N–H and O–H groups in total. The number of alkyl halides is 3. The number of aromatic nitrogens is 1. The Balaban J connectivity index is 1.38. The van der Waals surface area contributed by atoms with Gasteiger partial charge in [0.05, 0.1) is 23.1 Å². The molecule has 1 unspecified atom stereocenters. The van der Waals surface area contributed by atoms with E-state index in [0.717, 1.165) is 37.9 Å². The SMILES string of the molecule is CN1C(=O)[C@@H]2[C@H](C1=O)C(/C=C/c1ccc(-c3cccc(C(F)(F)F)c3)cn1)N1CCCC[C@@H]21. The highest BCUT2D eigenvalue weighted by molar-refractivity contribution is 6.06. The Morgan fingerprint density at radius 1 is 1.03 bits per heavy atom. The number of pyridine rings is 1. The van der Waals surface area contributed by atoms with Crippen molar-refractivity contribution in [2.75, 3.05) is 13.6 Å². The van der Waals surface area contributed by atoms with Crippen LogP contribution in [0.2, 0.25) is 0 Å². The summed E-state index contributed by atoms with van der Waals surface area (Å²) < 4.78 is 39.0. The van der Waals surface area contributed by atoms with Crippen molar-refractivity contribution in [1.82, 2.24) is 14.8 Å². The number of benzene rings is 1. The molecule has 5 nitrogen and oxygen atoms in total. The van der Waals surface area contributed by atoms with Gasteiger partial charge < -0.3 is 0 Å².